The van der Waals surface area contributed by atoms with Crippen LogP contribution >= 0.6 is 0 Å². The number of anilines is 1. The van der Waals surface area contributed by atoms with Crippen LogP contribution in [0.3, 0.4) is 0 Å². The summed E-state index contributed by atoms with van der Waals surface area (Å²) >= 11 is 0. The maximum Gasteiger partial charge on any atom is 0.336 e. The van der Waals surface area contributed by atoms with E-state index in [1.807, 2.05) is 19.1 Å². The van der Waals surface area contributed by atoms with Gasteiger partial charge in [0.05, 0.1) is 11.3 Å². The Morgan fingerprint density at radius 2 is 1.30 bits per heavy atom. The molecular weight excluding hydrogens is 342 g/mol. The molecule has 0 bridgehead atoms. The van der Waals surface area contributed by atoms with Crippen molar-refractivity contribution < 1.29 is 19.5 Å². The van der Waals surface area contributed by atoms with Gasteiger partial charge in [0.2, 0.25) is 0 Å². The largest absolute Gasteiger partial charge is 0.478 e. The second-order valence-corrected chi connectivity index (χ2v) is 6.05. The third-order valence-electron chi connectivity index (χ3n) is 4.14. The number of amides is 1. The van der Waals surface area contributed by atoms with Crippen LogP contribution in [0.15, 0.2) is 72.8 Å². The molecule has 2 N–H and O–H groups in total. The summed E-state index contributed by atoms with van der Waals surface area (Å²) in [5, 5.41) is 12.1. The molecule has 134 valence electrons. The van der Waals surface area contributed by atoms with Crippen LogP contribution in [-0.2, 0) is 0 Å². The number of carboxylic acids is 1. The van der Waals surface area contributed by atoms with E-state index in [4.69, 9.17) is 0 Å². The van der Waals surface area contributed by atoms with Crippen LogP contribution in [0.25, 0.3) is 0 Å². The summed E-state index contributed by atoms with van der Waals surface area (Å²) in [6.07, 6.45) is 0. The molecule has 3 aromatic rings. The fourth-order valence-corrected chi connectivity index (χ4v) is 2.70. The number of hydrogen-bond donors (Lipinski definition) is 2. The van der Waals surface area contributed by atoms with Crippen LogP contribution in [-0.4, -0.2) is 22.8 Å². The summed E-state index contributed by atoms with van der Waals surface area (Å²) < 4.78 is 0. The molecule has 0 saturated carbocycles. The highest BCUT2D eigenvalue weighted by atomic mass is 16.4. The number of rotatable bonds is 5. The highest BCUT2D eigenvalue weighted by Gasteiger charge is 2.20. The van der Waals surface area contributed by atoms with Crippen molar-refractivity contribution in [2.75, 3.05) is 5.32 Å². The lowest BCUT2D eigenvalue weighted by molar-refractivity contribution is 0.0692. The smallest absolute Gasteiger partial charge is 0.336 e. The van der Waals surface area contributed by atoms with E-state index in [0.29, 0.717) is 11.3 Å². The molecule has 0 heterocycles. The van der Waals surface area contributed by atoms with Crippen LogP contribution in [0.2, 0.25) is 0 Å². The second kappa shape index (κ2) is 7.66. The van der Waals surface area contributed by atoms with E-state index in [0.717, 1.165) is 5.56 Å². The van der Waals surface area contributed by atoms with Crippen molar-refractivity contribution in [2.45, 2.75) is 6.92 Å². The molecule has 5 nitrogen and oxygen atoms in total. The number of aromatic carboxylic acids is 1. The Morgan fingerprint density at radius 1 is 0.741 bits per heavy atom. The van der Waals surface area contributed by atoms with Gasteiger partial charge in [-0.15, -0.1) is 0 Å². The molecule has 0 aliphatic carbocycles. The lowest BCUT2D eigenvalue weighted by Gasteiger charge is -2.12. The number of nitrogens with one attached hydrogen (secondary N) is 1. The van der Waals surface area contributed by atoms with E-state index in [9.17, 15) is 19.5 Å². The lowest BCUT2D eigenvalue weighted by atomic mass is 9.97. The summed E-state index contributed by atoms with van der Waals surface area (Å²) in [5.74, 6) is -1.99. The van der Waals surface area contributed by atoms with Gasteiger partial charge >= 0.3 is 5.97 Å². The molecule has 0 radical (unpaired) electrons. The molecule has 0 unspecified atom stereocenters. The van der Waals surface area contributed by atoms with E-state index in [1.54, 1.807) is 48.5 Å². The normalized spacial score (nSPS) is 10.3. The van der Waals surface area contributed by atoms with Gasteiger partial charge in [-0.3, -0.25) is 9.59 Å². The van der Waals surface area contributed by atoms with Crippen LogP contribution in [0, 0.1) is 6.92 Å². The third-order valence-corrected chi connectivity index (χ3v) is 4.14. The average molecular weight is 359 g/mol. The van der Waals surface area contributed by atoms with E-state index in [1.165, 1.54) is 12.1 Å². The zero-order valence-corrected chi connectivity index (χ0v) is 14.6. The Bertz CT molecular complexity index is 1020. The van der Waals surface area contributed by atoms with Crippen LogP contribution in [0.5, 0.6) is 0 Å². The number of ketones is 1. The Labute approximate surface area is 156 Å². The molecule has 3 rings (SSSR count). The predicted octanol–water partition coefficient (Wildman–Crippen LogP) is 4.18. The van der Waals surface area contributed by atoms with Crippen molar-refractivity contribution in [1.82, 2.24) is 0 Å². The monoisotopic (exact) mass is 359 g/mol. The number of carboxylic acid groups (broad SMARTS) is 1. The van der Waals surface area contributed by atoms with Gasteiger partial charge in [-0.05, 0) is 37.3 Å². The summed E-state index contributed by atoms with van der Waals surface area (Å²) in [4.78, 5) is 36.8. The molecule has 0 spiro atoms. The minimum atomic E-state index is -1.18. The quantitative estimate of drug-likeness (QED) is 0.670. The van der Waals surface area contributed by atoms with Gasteiger partial charge in [0, 0.05) is 16.7 Å². The third kappa shape index (κ3) is 3.93. The van der Waals surface area contributed by atoms with Gasteiger partial charge in [0.25, 0.3) is 5.91 Å². The van der Waals surface area contributed by atoms with Gasteiger partial charge in [0.15, 0.2) is 5.78 Å². The Kier molecular flexibility index (Phi) is 5.13. The maximum atomic E-state index is 12.9. The molecule has 0 aromatic heterocycles. The van der Waals surface area contributed by atoms with Crippen LogP contribution in [0.4, 0.5) is 5.69 Å². The van der Waals surface area contributed by atoms with E-state index in [-0.39, 0.29) is 22.6 Å². The minimum Gasteiger partial charge on any atom is -0.478 e. The molecule has 1 amide bonds. The fourth-order valence-electron chi connectivity index (χ4n) is 2.70. The van der Waals surface area contributed by atoms with Gasteiger partial charge in [-0.1, -0.05) is 48.0 Å². The second-order valence-electron chi connectivity index (χ2n) is 6.05. The van der Waals surface area contributed by atoms with Crippen molar-refractivity contribution >= 4 is 23.3 Å². The molecule has 27 heavy (non-hydrogen) atoms. The van der Waals surface area contributed by atoms with E-state index in [2.05, 4.69) is 5.32 Å². The standard InChI is InChI=1S/C22H17NO4/c1-14-10-12-15(13-11-14)21(25)23-19-9-5-4-8-18(19)20(24)16-6-2-3-7-17(16)22(26)27/h2-13H,1H3,(H,23,25)(H,26,27). The molecular formula is C22H17NO4. The van der Waals surface area contributed by atoms with Crippen molar-refractivity contribution in [2.24, 2.45) is 0 Å². The van der Waals surface area contributed by atoms with Crippen molar-refractivity contribution in [3.05, 3.63) is 101 Å². The summed E-state index contributed by atoms with van der Waals surface area (Å²) in [6, 6.07) is 19.6. The molecule has 3 aromatic carbocycles. The predicted molar refractivity (Wildman–Crippen MR) is 102 cm³/mol. The number of benzene rings is 3. The van der Waals surface area contributed by atoms with Crippen LogP contribution in [0.1, 0.15) is 42.2 Å². The summed E-state index contributed by atoms with van der Waals surface area (Å²) in [5.41, 5.74) is 2.05. The number of carbonyl (C=O) groups is 3. The number of hydrogen-bond acceptors (Lipinski definition) is 3. The fraction of sp³-hybridized carbons (Fsp3) is 0.0455. The minimum absolute atomic E-state index is 0.0713. The van der Waals surface area contributed by atoms with E-state index >= 15 is 0 Å². The zero-order chi connectivity index (χ0) is 19.4. The number of carbonyl (C=O) groups excluding carboxylic acids is 2. The van der Waals surface area contributed by atoms with Crippen molar-refractivity contribution in [3.63, 3.8) is 0 Å². The molecule has 0 saturated heterocycles. The Balaban J connectivity index is 1.95. The van der Waals surface area contributed by atoms with Gasteiger partial charge in [-0.2, -0.15) is 0 Å². The number of aryl methyl sites for hydroxylation is 1. The topological polar surface area (TPSA) is 83.5 Å². The molecule has 0 aliphatic rings. The van der Waals surface area contributed by atoms with Crippen molar-refractivity contribution in [3.8, 4) is 0 Å². The van der Waals surface area contributed by atoms with Gasteiger partial charge in [0.1, 0.15) is 0 Å². The lowest BCUT2D eigenvalue weighted by Crippen LogP contribution is -2.16. The van der Waals surface area contributed by atoms with E-state index < -0.39 is 11.8 Å². The van der Waals surface area contributed by atoms with Crippen molar-refractivity contribution in [1.29, 1.82) is 0 Å². The summed E-state index contributed by atoms with van der Waals surface area (Å²) in [7, 11) is 0. The first-order valence-corrected chi connectivity index (χ1v) is 8.31. The zero-order valence-electron chi connectivity index (χ0n) is 14.6. The first kappa shape index (κ1) is 18.1. The molecule has 0 fully saturated rings. The first-order chi connectivity index (χ1) is 13.0. The maximum absolute atomic E-state index is 12.9. The Morgan fingerprint density at radius 3 is 1.93 bits per heavy atom. The summed E-state index contributed by atoms with van der Waals surface area (Å²) in [6.45, 7) is 1.93. The number of para-hydroxylation sites is 1. The average Bonchev–Trinajstić information content (AvgIpc) is 2.68. The molecule has 5 heteroatoms. The SMILES string of the molecule is Cc1ccc(C(=O)Nc2ccccc2C(=O)c2ccccc2C(=O)O)cc1. The van der Waals surface area contributed by atoms with Gasteiger partial charge in [-0.25, -0.2) is 4.79 Å². The highest BCUT2D eigenvalue weighted by Crippen LogP contribution is 2.22. The Hall–Kier alpha value is -3.73. The molecule has 0 aliphatic heterocycles. The highest BCUT2D eigenvalue weighted by molar-refractivity contribution is 6.18. The molecule has 0 atom stereocenters. The van der Waals surface area contributed by atoms with Crippen LogP contribution < -0.4 is 5.32 Å². The van der Waals surface area contributed by atoms with Gasteiger partial charge < -0.3 is 10.4 Å². The first-order valence-electron chi connectivity index (χ1n) is 8.31.